The van der Waals surface area contributed by atoms with Crippen molar-refractivity contribution in [1.29, 1.82) is 0 Å². The van der Waals surface area contributed by atoms with E-state index in [9.17, 15) is 9.90 Å². The number of methoxy groups -OCH3 is 1. The summed E-state index contributed by atoms with van der Waals surface area (Å²) in [5.74, 6) is 0.0378. The Bertz CT molecular complexity index is 640. The number of carbonyl (C=O) groups is 1. The molecule has 0 aliphatic heterocycles. The fourth-order valence-corrected chi connectivity index (χ4v) is 2.39. The first-order valence-corrected chi connectivity index (χ1v) is 7.32. The monoisotopic (exact) mass is 299 g/mol. The van der Waals surface area contributed by atoms with Crippen LogP contribution >= 0.6 is 0 Å². The van der Waals surface area contributed by atoms with Gasteiger partial charge in [0.2, 0.25) is 0 Å². The van der Waals surface area contributed by atoms with E-state index in [-0.39, 0.29) is 17.7 Å². The maximum absolute atomic E-state index is 12.4. The summed E-state index contributed by atoms with van der Waals surface area (Å²) in [5, 5.41) is 12.9. The Morgan fingerprint density at radius 1 is 1.23 bits per heavy atom. The second-order valence-corrected chi connectivity index (χ2v) is 5.13. The Labute approximate surface area is 130 Å². The molecule has 0 heterocycles. The number of benzene rings is 2. The summed E-state index contributed by atoms with van der Waals surface area (Å²) < 4.78 is 5.09. The highest BCUT2D eigenvalue weighted by Crippen LogP contribution is 2.26. The number of amides is 1. The fraction of sp³-hybridized carbons (Fsp3) is 0.278. The molecule has 116 valence electrons. The molecular weight excluding hydrogens is 278 g/mol. The van der Waals surface area contributed by atoms with Crippen molar-refractivity contribution in [2.24, 2.45) is 0 Å². The van der Waals surface area contributed by atoms with E-state index in [1.165, 1.54) is 0 Å². The van der Waals surface area contributed by atoms with Crippen molar-refractivity contribution >= 4 is 5.91 Å². The second-order valence-electron chi connectivity index (χ2n) is 5.13. The molecular formula is C18H21NO3. The van der Waals surface area contributed by atoms with Crippen LogP contribution in [-0.4, -0.2) is 18.1 Å². The maximum atomic E-state index is 12.4. The predicted octanol–water partition coefficient (Wildman–Crippen LogP) is 3.42. The summed E-state index contributed by atoms with van der Waals surface area (Å²) in [6.07, 6.45) is 0.696. The molecule has 2 aromatic rings. The van der Waals surface area contributed by atoms with Gasteiger partial charge in [0.25, 0.3) is 5.91 Å². The largest absolute Gasteiger partial charge is 0.508 e. The first-order valence-electron chi connectivity index (χ1n) is 7.32. The first-order chi connectivity index (χ1) is 10.7. The molecule has 0 aliphatic rings. The molecule has 0 spiro atoms. The number of hydrogen-bond acceptors (Lipinski definition) is 3. The standard InChI is InChI=1S/C18H21NO3/c1-3-16(15-9-4-5-10-17(15)20)19-18(21)14-8-6-7-13(11-14)12-22-2/h4-11,16,20H,3,12H2,1-2H3,(H,19,21)/t16-/m0/s1. The van der Waals surface area contributed by atoms with Crippen LogP contribution in [0.4, 0.5) is 0 Å². The van der Waals surface area contributed by atoms with E-state index in [4.69, 9.17) is 4.74 Å². The molecule has 0 saturated carbocycles. The summed E-state index contributed by atoms with van der Waals surface area (Å²) in [5.41, 5.74) is 2.26. The van der Waals surface area contributed by atoms with Gasteiger partial charge in [-0.15, -0.1) is 0 Å². The summed E-state index contributed by atoms with van der Waals surface area (Å²) >= 11 is 0. The number of phenols is 1. The normalized spacial score (nSPS) is 11.9. The summed E-state index contributed by atoms with van der Waals surface area (Å²) in [4.78, 5) is 12.4. The number of carbonyl (C=O) groups excluding carboxylic acids is 1. The minimum absolute atomic E-state index is 0.159. The van der Waals surface area contributed by atoms with E-state index < -0.39 is 0 Å². The van der Waals surface area contributed by atoms with Crippen LogP contribution in [0.3, 0.4) is 0 Å². The Morgan fingerprint density at radius 3 is 2.68 bits per heavy atom. The topological polar surface area (TPSA) is 58.6 Å². The van der Waals surface area contributed by atoms with Crippen LogP contribution in [0, 0.1) is 0 Å². The third kappa shape index (κ3) is 3.86. The molecule has 22 heavy (non-hydrogen) atoms. The van der Waals surface area contributed by atoms with E-state index in [1.807, 2.05) is 37.3 Å². The molecule has 0 radical (unpaired) electrons. The van der Waals surface area contributed by atoms with E-state index in [1.54, 1.807) is 25.3 Å². The molecule has 2 aromatic carbocycles. The number of para-hydroxylation sites is 1. The number of ether oxygens (including phenoxy) is 1. The molecule has 0 fully saturated rings. The van der Waals surface area contributed by atoms with Crippen molar-refractivity contribution in [3.63, 3.8) is 0 Å². The fourth-order valence-electron chi connectivity index (χ4n) is 2.39. The zero-order valence-corrected chi connectivity index (χ0v) is 12.9. The zero-order chi connectivity index (χ0) is 15.9. The van der Waals surface area contributed by atoms with Gasteiger partial charge in [-0.05, 0) is 30.2 Å². The van der Waals surface area contributed by atoms with Crippen LogP contribution < -0.4 is 5.32 Å². The highest BCUT2D eigenvalue weighted by atomic mass is 16.5. The van der Waals surface area contributed by atoms with Crippen molar-refractivity contribution in [1.82, 2.24) is 5.32 Å². The third-order valence-electron chi connectivity index (χ3n) is 3.53. The zero-order valence-electron chi connectivity index (χ0n) is 12.9. The average Bonchev–Trinajstić information content (AvgIpc) is 2.54. The van der Waals surface area contributed by atoms with Gasteiger partial charge in [0, 0.05) is 18.2 Å². The van der Waals surface area contributed by atoms with Gasteiger partial charge >= 0.3 is 0 Å². The highest BCUT2D eigenvalue weighted by Gasteiger charge is 2.16. The van der Waals surface area contributed by atoms with Crippen molar-refractivity contribution in [3.05, 3.63) is 65.2 Å². The third-order valence-corrected chi connectivity index (χ3v) is 3.53. The van der Waals surface area contributed by atoms with Gasteiger partial charge in [0.05, 0.1) is 12.6 Å². The molecule has 4 heteroatoms. The Balaban J connectivity index is 2.16. The molecule has 1 amide bonds. The van der Waals surface area contributed by atoms with Crippen molar-refractivity contribution < 1.29 is 14.6 Å². The summed E-state index contributed by atoms with van der Waals surface area (Å²) in [6, 6.07) is 14.2. The lowest BCUT2D eigenvalue weighted by Crippen LogP contribution is -2.28. The molecule has 2 N–H and O–H groups in total. The molecule has 0 unspecified atom stereocenters. The van der Waals surface area contributed by atoms with Crippen LogP contribution in [0.25, 0.3) is 0 Å². The SMILES string of the molecule is CC[C@H](NC(=O)c1cccc(COC)c1)c1ccccc1O. The van der Waals surface area contributed by atoms with Crippen LogP contribution in [0.1, 0.15) is 40.9 Å². The van der Waals surface area contributed by atoms with Gasteiger partial charge in [0.15, 0.2) is 0 Å². The average molecular weight is 299 g/mol. The van der Waals surface area contributed by atoms with E-state index in [0.29, 0.717) is 18.6 Å². The lowest BCUT2D eigenvalue weighted by Gasteiger charge is -2.18. The Hall–Kier alpha value is -2.33. The van der Waals surface area contributed by atoms with Crippen molar-refractivity contribution in [2.75, 3.05) is 7.11 Å². The number of hydrogen-bond donors (Lipinski definition) is 2. The number of aromatic hydroxyl groups is 1. The van der Waals surface area contributed by atoms with Crippen LogP contribution in [0.2, 0.25) is 0 Å². The van der Waals surface area contributed by atoms with Gasteiger partial charge in [-0.3, -0.25) is 4.79 Å². The van der Waals surface area contributed by atoms with E-state index in [0.717, 1.165) is 11.1 Å². The van der Waals surface area contributed by atoms with E-state index in [2.05, 4.69) is 5.32 Å². The molecule has 0 bridgehead atoms. The number of nitrogens with one attached hydrogen (secondary N) is 1. The lowest BCUT2D eigenvalue weighted by molar-refractivity contribution is 0.0935. The predicted molar refractivity (Wildman–Crippen MR) is 85.8 cm³/mol. The van der Waals surface area contributed by atoms with E-state index >= 15 is 0 Å². The quantitative estimate of drug-likeness (QED) is 0.859. The van der Waals surface area contributed by atoms with Gasteiger partial charge in [-0.1, -0.05) is 37.3 Å². The molecule has 4 nitrogen and oxygen atoms in total. The minimum Gasteiger partial charge on any atom is -0.508 e. The van der Waals surface area contributed by atoms with Crippen LogP contribution in [-0.2, 0) is 11.3 Å². The van der Waals surface area contributed by atoms with Crippen molar-refractivity contribution in [3.8, 4) is 5.75 Å². The van der Waals surface area contributed by atoms with Gasteiger partial charge in [-0.25, -0.2) is 0 Å². The molecule has 0 aromatic heterocycles. The first kappa shape index (κ1) is 16.0. The van der Waals surface area contributed by atoms with Gasteiger partial charge in [0.1, 0.15) is 5.75 Å². The summed E-state index contributed by atoms with van der Waals surface area (Å²) in [7, 11) is 1.62. The van der Waals surface area contributed by atoms with Crippen molar-refractivity contribution in [2.45, 2.75) is 26.0 Å². The van der Waals surface area contributed by atoms with Gasteiger partial charge in [-0.2, -0.15) is 0 Å². The molecule has 2 rings (SSSR count). The number of rotatable bonds is 6. The number of phenolic OH excluding ortho intramolecular Hbond substituents is 1. The molecule has 0 aliphatic carbocycles. The smallest absolute Gasteiger partial charge is 0.251 e. The van der Waals surface area contributed by atoms with Crippen LogP contribution in [0.5, 0.6) is 5.75 Å². The van der Waals surface area contributed by atoms with Gasteiger partial charge < -0.3 is 15.2 Å². The second kappa shape index (κ2) is 7.61. The van der Waals surface area contributed by atoms with Crippen LogP contribution in [0.15, 0.2) is 48.5 Å². The Morgan fingerprint density at radius 2 is 2.00 bits per heavy atom. The lowest BCUT2D eigenvalue weighted by atomic mass is 10.0. The molecule has 0 saturated heterocycles. The minimum atomic E-state index is -0.222. The maximum Gasteiger partial charge on any atom is 0.251 e. The summed E-state index contributed by atoms with van der Waals surface area (Å²) in [6.45, 7) is 2.44. The molecule has 1 atom stereocenters. The highest BCUT2D eigenvalue weighted by molar-refractivity contribution is 5.94. The Kier molecular flexibility index (Phi) is 5.55.